The molecule has 0 saturated carbocycles. The number of Topliss-reactive ketones (excluding diaryl/α,β-unsaturated/α-hetero) is 1. The third-order valence-electron chi connectivity index (χ3n) is 13.7. The summed E-state index contributed by atoms with van der Waals surface area (Å²) in [6, 6.07) is 7.45. The average molecular weight is 999 g/mol. The van der Waals surface area contributed by atoms with Gasteiger partial charge in [-0.1, -0.05) is 45.9 Å². The van der Waals surface area contributed by atoms with Crippen molar-refractivity contribution < 1.29 is 68.5 Å². The lowest BCUT2D eigenvalue weighted by atomic mass is 9.78. The second-order valence-corrected chi connectivity index (χ2v) is 18.9. The van der Waals surface area contributed by atoms with Crippen LogP contribution in [0.1, 0.15) is 76.9 Å². The van der Waals surface area contributed by atoms with Crippen molar-refractivity contribution in [2.75, 3.05) is 55.4 Å². The third kappa shape index (κ3) is 11.5. The standard InChI is InChI=1S/C52H66N6O14/c1-26-12-11-13-27(2)51(68)55-42-36(24-53-56-38(61)25-57-19-21-58(22-20-57)35-16-14-34(15-17-35)54-32(7)59)46(65)39-40(47(42)66)45(64)31(6)49-41(39)50(67)52(9,72-49)70-23-18-37(69-10)28(3)48(71-33(8)60)30(5)44(63)29(4)43(26)62/h11-18,23-24,26,28-30,37,43-44,48,62-66H,19-22,25H2,1-10H3,(H,54,59)(H,55,68)(H,56,61)/b12-11+,23-18+,27-13-,53-24+/t26-,28+,29+,30+,37-,43-,44+,48+,52-/m0/s1. The molecule has 0 spiro atoms. The number of aliphatic hydroxyl groups excluding tert-OH is 2. The SMILES string of the molecule is CO[C@H]1/C=C/O[C@@]2(C)Oc3c(C)c(O)c4c(O)c(c(/C=N/NC(=O)CN5CCN(c6ccc(NC(C)=O)cc6)CC5)c(O)c4c3C2=O)NC(=O)/C(C)=C\C=C\[C@H](C)[C@H](O)[C@@H](C)[C@@H](O)[C@@H](C)[C@H](OC(C)=O)[C@@H]1C. The number of benzene rings is 3. The van der Waals surface area contributed by atoms with E-state index in [1.807, 2.05) is 29.2 Å². The summed E-state index contributed by atoms with van der Waals surface area (Å²) in [6.07, 6.45) is 4.17. The molecule has 4 heterocycles. The second-order valence-electron chi connectivity index (χ2n) is 18.9. The number of fused-ring (bicyclic) bond motifs is 14. The van der Waals surface area contributed by atoms with Crippen LogP contribution in [0, 0.1) is 30.6 Å². The van der Waals surface area contributed by atoms with Crippen LogP contribution in [0.5, 0.6) is 23.0 Å². The van der Waals surface area contributed by atoms with E-state index in [1.165, 1.54) is 60.0 Å². The number of phenols is 3. The van der Waals surface area contributed by atoms with Gasteiger partial charge in [-0.2, -0.15) is 5.10 Å². The number of methoxy groups -OCH3 is 1. The van der Waals surface area contributed by atoms with Crippen molar-refractivity contribution >= 4 is 63.5 Å². The summed E-state index contributed by atoms with van der Waals surface area (Å²) in [5, 5.41) is 67.5. The molecule has 9 atom stereocenters. The van der Waals surface area contributed by atoms with Gasteiger partial charge in [0.1, 0.15) is 23.4 Å². The number of nitrogens with zero attached hydrogens (tertiary/aromatic N) is 3. The number of piperazine rings is 1. The molecule has 0 unspecified atom stereocenters. The zero-order valence-electron chi connectivity index (χ0n) is 42.2. The number of ether oxygens (including phenoxy) is 4. The zero-order chi connectivity index (χ0) is 52.9. The monoisotopic (exact) mass is 998 g/mol. The Labute approximate surface area is 417 Å². The number of carbonyl (C=O) groups is 5. The first-order valence-corrected chi connectivity index (χ1v) is 23.7. The zero-order valence-corrected chi connectivity index (χ0v) is 42.2. The van der Waals surface area contributed by atoms with Crippen molar-refractivity contribution in [1.82, 2.24) is 10.3 Å². The number of amides is 3. The molecule has 4 aliphatic heterocycles. The van der Waals surface area contributed by atoms with E-state index in [0.717, 1.165) is 18.2 Å². The van der Waals surface area contributed by atoms with Crippen molar-refractivity contribution in [3.63, 3.8) is 0 Å². The first-order chi connectivity index (χ1) is 34.0. The summed E-state index contributed by atoms with van der Waals surface area (Å²) in [5.74, 6) is -9.95. The smallest absolute Gasteiger partial charge is 0.312 e. The minimum atomic E-state index is -2.13. The Morgan fingerprint density at radius 1 is 0.903 bits per heavy atom. The number of hydrogen-bond acceptors (Lipinski definition) is 17. The third-order valence-corrected chi connectivity index (χ3v) is 13.7. The lowest BCUT2D eigenvalue weighted by Gasteiger charge is -2.38. The van der Waals surface area contributed by atoms with Gasteiger partial charge in [-0.25, -0.2) is 5.43 Å². The maximum Gasteiger partial charge on any atom is 0.312 e. The van der Waals surface area contributed by atoms with Crippen LogP contribution in [0.4, 0.5) is 17.1 Å². The Morgan fingerprint density at radius 3 is 2.19 bits per heavy atom. The van der Waals surface area contributed by atoms with Crippen molar-refractivity contribution in [2.45, 2.75) is 92.5 Å². The summed E-state index contributed by atoms with van der Waals surface area (Å²) in [4.78, 5) is 69.6. The van der Waals surface area contributed by atoms with Gasteiger partial charge < -0.3 is 60.0 Å². The van der Waals surface area contributed by atoms with Crippen LogP contribution >= 0.6 is 0 Å². The van der Waals surface area contributed by atoms with Gasteiger partial charge in [0.2, 0.25) is 5.91 Å². The van der Waals surface area contributed by atoms with E-state index in [9.17, 15) is 49.5 Å². The molecule has 8 N–H and O–H groups in total. The van der Waals surface area contributed by atoms with E-state index in [2.05, 4.69) is 26.1 Å². The number of hydrazone groups is 1. The predicted octanol–water partition coefficient (Wildman–Crippen LogP) is 4.98. The van der Waals surface area contributed by atoms with Gasteiger partial charge in [-0.15, -0.1) is 0 Å². The maximum atomic E-state index is 14.6. The minimum Gasteiger partial charge on any atom is -0.507 e. The molecule has 7 rings (SSSR count). The Bertz CT molecular complexity index is 2690. The summed E-state index contributed by atoms with van der Waals surface area (Å²) in [5.41, 5.74) is 3.10. The molecule has 4 aliphatic rings. The molecule has 0 radical (unpaired) electrons. The van der Waals surface area contributed by atoms with Crippen LogP contribution in [-0.4, -0.2) is 136 Å². The second kappa shape index (κ2) is 22.6. The summed E-state index contributed by atoms with van der Waals surface area (Å²) in [6.45, 7) is 15.9. The topological polar surface area (TPSA) is 278 Å². The van der Waals surface area contributed by atoms with Crippen LogP contribution in [0.15, 0.2) is 65.5 Å². The van der Waals surface area contributed by atoms with Gasteiger partial charge in [0, 0.05) is 106 Å². The lowest BCUT2D eigenvalue weighted by molar-refractivity contribution is -0.160. The number of carbonyl (C=O) groups excluding carboxylic acids is 5. The van der Waals surface area contributed by atoms with Crippen LogP contribution in [-0.2, 0) is 33.4 Å². The van der Waals surface area contributed by atoms with Gasteiger partial charge in [-0.05, 0) is 44.2 Å². The molecule has 0 aliphatic carbocycles. The Morgan fingerprint density at radius 2 is 1.57 bits per heavy atom. The van der Waals surface area contributed by atoms with Gasteiger partial charge in [0.25, 0.3) is 17.6 Å². The normalized spacial score (nSPS) is 28.2. The van der Waals surface area contributed by atoms with Gasteiger partial charge in [-0.3, -0.25) is 28.9 Å². The van der Waals surface area contributed by atoms with Crippen LogP contribution in [0.3, 0.4) is 0 Å². The Balaban J connectivity index is 1.36. The van der Waals surface area contributed by atoms with Crippen LogP contribution in [0.25, 0.3) is 10.8 Å². The number of anilines is 3. The fraction of sp³-hybridized carbons (Fsp3) is 0.462. The van der Waals surface area contributed by atoms with E-state index >= 15 is 0 Å². The lowest BCUT2D eigenvalue weighted by Crippen LogP contribution is -2.49. The molecule has 20 heteroatoms. The van der Waals surface area contributed by atoms with Crippen molar-refractivity contribution in [3.05, 3.63) is 77.1 Å². The molecule has 3 aromatic carbocycles. The van der Waals surface area contributed by atoms with Crippen molar-refractivity contribution in [1.29, 1.82) is 0 Å². The number of aliphatic hydroxyl groups is 2. The number of ketones is 1. The first kappa shape index (κ1) is 54.3. The molecule has 3 amide bonds. The number of hydrogen-bond donors (Lipinski definition) is 8. The molecule has 1 saturated heterocycles. The highest BCUT2D eigenvalue weighted by Crippen LogP contribution is 2.55. The van der Waals surface area contributed by atoms with Crippen LogP contribution in [0.2, 0.25) is 0 Å². The van der Waals surface area contributed by atoms with Gasteiger partial charge in [0.05, 0.1) is 59.5 Å². The highest BCUT2D eigenvalue weighted by atomic mass is 16.7. The quantitative estimate of drug-likeness (QED) is 0.0486. The highest BCUT2D eigenvalue weighted by molar-refractivity contribution is 6.24. The average Bonchev–Trinajstić information content (AvgIpc) is 3.60. The Kier molecular flexibility index (Phi) is 17.1. The van der Waals surface area contributed by atoms with E-state index in [0.29, 0.717) is 31.9 Å². The number of allylic oxidation sites excluding steroid dienone is 2. The van der Waals surface area contributed by atoms with Crippen molar-refractivity contribution in [2.24, 2.45) is 28.8 Å². The number of rotatable bonds is 8. The maximum absolute atomic E-state index is 14.6. The van der Waals surface area contributed by atoms with Gasteiger partial charge in [0.15, 0.2) is 5.75 Å². The number of aromatic hydroxyl groups is 3. The first-order valence-electron chi connectivity index (χ1n) is 23.7. The van der Waals surface area contributed by atoms with E-state index < -0.39 is 106 Å². The molecular weight excluding hydrogens is 933 g/mol. The summed E-state index contributed by atoms with van der Waals surface area (Å²) < 4.78 is 23.6. The van der Waals surface area contributed by atoms with E-state index in [-0.39, 0.29) is 45.9 Å². The molecule has 1 fully saturated rings. The number of phenolic OH excluding ortho intramolecular Hbond substituents is 3. The molecule has 0 aromatic heterocycles. The molecule has 388 valence electrons. The molecule has 20 nitrogen and oxygen atoms in total. The molecular formula is C52H66N6O14. The summed E-state index contributed by atoms with van der Waals surface area (Å²) in [7, 11) is 1.41. The van der Waals surface area contributed by atoms with Crippen LogP contribution < -0.4 is 25.7 Å². The Hall–Kier alpha value is -7.00. The van der Waals surface area contributed by atoms with E-state index in [1.54, 1.807) is 33.8 Å². The molecule has 72 heavy (non-hydrogen) atoms. The fourth-order valence-electron chi connectivity index (χ4n) is 9.40. The van der Waals surface area contributed by atoms with Crippen molar-refractivity contribution in [3.8, 4) is 23.0 Å². The highest BCUT2D eigenvalue weighted by Gasteiger charge is 2.50. The largest absolute Gasteiger partial charge is 0.507 e. The molecule has 3 aromatic rings. The number of nitrogens with one attached hydrogen (secondary N) is 3. The number of esters is 1. The summed E-state index contributed by atoms with van der Waals surface area (Å²) >= 11 is 0. The predicted molar refractivity (Wildman–Crippen MR) is 269 cm³/mol. The fourth-order valence-corrected chi connectivity index (χ4v) is 9.40. The minimum absolute atomic E-state index is 0.0130. The van der Waals surface area contributed by atoms with Gasteiger partial charge >= 0.3 is 11.8 Å². The molecule has 5 bridgehead atoms. The van der Waals surface area contributed by atoms with E-state index in [4.69, 9.17) is 18.9 Å².